The third-order valence-corrected chi connectivity index (χ3v) is 6.51. The quantitative estimate of drug-likeness (QED) is 0.450. The van der Waals surface area contributed by atoms with Crippen LogP contribution < -0.4 is 0 Å². The van der Waals surface area contributed by atoms with E-state index >= 15 is 0 Å². The summed E-state index contributed by atoms with van der Waals surface area (Å²) in [7, 11) is 0. The van der Waals surface area contributed by atoms with Gasteiger partial charge < -0.3 is 0 Å². The zero-order chi connectivity index (χ0) is 13.8. The predicted molar refractivity (Wildman–Crippen MR) is 101 cm³/mol. The third kappa shape index (κ3) is 9.01. The Balaban J connectivity index is 1.96. The van der Waals surface area contributed by atoms with Crippen molar-refractivity contribution >= 4 is 54.0 Å². The molecular weight excluding hydrogens is 308 g/mol. The fourth-order valence-corrected chi connectivity index (χ4v) is 4.83. The van der Waals surface area contributed by atoms with Crippen LogP contribution in [0.4, 0.5) is 0 Å². The zero-order valence-electron chi connectivity index (χ0n) is 11.2. The first kappa shape index (κ1) is 17.4. The second kappa shape index (κ2) is 12.1. The van der Waals surface area contributed by atoms with E-state index in [1.807, 2.05) is 29.6 Å². The summed E-state index contributed by atoms with van der Waals surface area (Å²) in [4.78, 5) is 0. The van der Waals surface area contributed by atoms with Gasteiger partial charge in [0, 0.05) is 34.5 Å². The van der Waals surface area contributed by atoms with Crippen LogP contribution in [-0.2, 0) is 5.75 Å². The number of rotatable bonds is 11. The minimum absolute atomic E-state index is 0.996. The van der Waals surface area contributed by atoms with Crippen LogP contribution >= 0.6 is 47.9 Å². The highest BCUT2D eigenvalue weighted by Crippen LogP contribution is 2.16. The Bertz CT molecular complexity index is 335. The van der Waals surface area contributed by atoms with Crippen molar-refractivity contribution in [2.45, 2.75) is 5.75 Å². The first-order valence-corrected chi connectivity index (χ1v) is 10.5. The normalized spacial score (nSPS) is 10.6. The second-order valence-corrected chi connectivity index (χ2v) is 7.95. The van der Waals surface area contributed by atoms with E-state index in [1.165, 1.54) is 39.9 Å². The van der Waals surface area contributed by atoms with Crippen molar-refractivity contribution in [2.24, 2.45) is 0 Å². The lowest BCUT2D eigenvalue weighted by Crippen LogP contribution is -1.92. The molecule has 0 radical (unpaired) electrons. The van der Waals surface area contributed by atoms with Gasteiger partial charge in [0.25, 0.3) is 0 Å². The van der Waals surface area contributed by atoms with Crippen molar-refractivity contribution in [3.8, 4) is 0 Å². The summed E-state index contributed by atoms with van der Waals surface area (Å²) in [6.45, 7) is 3.77. The molecule has 106 valence electrons. The van der Waals surface area contributed by atoms with Crippen LogP contribution in [0.5, 0.6) is 0 Å². The summed E-state index contributed by atoms with van der Waals surface area (Å²) in [5, 5.41) is 0. The van der Waals surface area contributed by atoms with Gasteiger partial charge in [-0.1, -0.05) is 36.9 Å². The number of hydrogen-bond donors (Lipinski definition) is 1. The van der Waals surface area contributed by atoms with Crippen molar-refractivity contribution < 1.29 is 0 Å². The van der Waals surface area contributed by atoms with Gasteiger partial charge in [0.05, 0.1) is 0 Å². The van der Waals surface area contributed by atoms with E-state index < -0.39 is 0 Å². The fourth-order valence-electron chi connectivity index (χ4n) is 1.44. The Morgan fingerprint density at radius 2 is 1.47 bits per heavy atom. The van der Waals surface area contributed by atoms with Crippen LogP contribution in [-0.4, -0.2) is 34.5 Å². The molecule has 1 aromatic rings. The predicted octanol–water partition coefficient (Wildman–Crippen LogP) is 4.96. The first-order valence-electron chi connectivity index (χ1n) is 6.42. The molecule has 0 atom stereocenters. The summed E-state index contributed by atoms with van der Waals surface area (Å²) in [6.07, 6.45) is 1.89. The van der Waals surface area contributed by atoms with Gasteiger partial charge in [-0.15, -0.1) is 0 Å². The molecule has 0 aromatic heterocycles. The number of thioether (sulfide) groups is 3. The molecule has 0 heterocycles. The van der Waals surface area contributed by atoms with E-state index in [0.717, 1.165) is 11.5 Å². The van der Waals surface area contributed by atoms with Crippen molar-refractivity contribution in [1.29, 1.82) is 0 Å². The minimum atomic E-state index is 0.996. The van der Waals surface area contributed by atoms with E-state index in [4.69, 9.17) is 0 Å². The lowest BCUT2D eigenvalue weighted by Gasteiger charge is -2.03. The molecule has 19 heavy (non-hydrogen) atoms. The largest absolute Gasteiger partial charge is 0.179 e. The smallest absolute Gasteiger partial charge is 0.0184 e. The molecule has 4 heteroatoms. The van der Waals surface area contributed by atoms with Gasteiger partial charge in [-0.3, -0.25) is 0 Å². The molecule has 0 unspecified atom stereocenters. The average molecular weight is 331 g/mol. The molecule has 0 N–H and O–H groups in total. The molecule has 0 bridgehead atoms. The molecule has 0 aliphatic carbocycles. The molecule has 0 nitrogen and oxygen atoms in total. The highest BCUT2D eigenvalue weighted by Gasteiger charge is 1.95. The summed E-state index contributed by atoms with van der Waals surface area (Å²) >= 11 is 10.3. The Morgan fingerprint density at radius 1 is 0.895 bits per heavy atom. The standard InChI is InChI=1S/C15H22S4/c1-2-14-3-5-15(6-4-14)13-19-12-11-18-10-9-17-8-7-16/h2-6,16H,1,7-13H2. The van der Waals surface area contributed by atoms with Gasteiger partial charge in [-0.05, 0) is 16.9 Å². The number of thiol groups is 1. The van der Waals surface area contributed by atoms with Gasteiger partial charge in [0.2, 0.25) is 0 Å². The van der Waals surface area contributed by atoms with Crippen molar-refractivity contribution in [1.82, 2.24) is 0 Å². The van der Waals surface area contributed by atoms with Gasteiger partial charge in [0.15, 0.2) is 0 Å². The Morgan fingerprint density at radius 3 is 2.05 bits per heavy atom. The average Bonchev–Trinajstić information content (AvgIpc) is 2.46. The van der Waals surface area contributed by atoms with E-state index in [1.54, 1.807) is 0 Å². The van der Waals surface area contributed by atoms with Crippen molar-refractivity contribution in [3.63, 3.8) is 0 Å². The van der Waals surface area contributed by atoms with Crippen LogP contribution in [0.15, 0.2) is 30.8 Å². The lowest BCUT2D eigenvalue weighted by molar-refractivity contribution is 1.39. The van der Waals surface area contributed by atoms with Crippen molar-refractivity contribution in [3.05, 3.63) is 42.0 Å². The molecule has 0 saturated carbocycles. The molecule has 0 spiro atoms. The monoisotopic (exact) mass is 330 g/mol. The highest BCUT2D eigenvalue weighted by atomic mass is 32.2. The van der Waals surface area contributed by atoms with Gasteiger partial charge >= 0.3 is 0 Å². The molecule has 0 saturated heterocycles. The summed E-state index contributed by atoms with van der Waals surface area (Å²) in [6, 6.07) is 8.67. The zero-order valence-corrected chi connectivity index (χ0v) is 14.6. The van der Waals surface area contributed by atoms with Crippen molar-refractivity contribution in [2.75, 3.05) is 34.5 Å². The van der Waals surface area contributed by atoms with Gasteiger partial charge in [-0.2, -0.15) is 47.9 Å². The second-order valence-electron chi connectivity index (χ2n) is 3.95. The maximum atomic E-state index is 4.20. The molecule has 0 fully saturated rings. The SMILES string of the molecule is C=Cc1ccc(CSCCSCCSCCS)cc1. The van der Waals surface area contributed by atoms with Gasteiger partial charge in [-0.25, -0.2) is 0 Å². The molecule has 1 rings (SSSR count). The molecule has 1 aromatic carbocycles. The minimum Gasteiger partial charge on any atom is -0.179 e. The summed E-state index contributed by atoms with van der Waals surface area (Å²) < 4.78 is 0. The maximum absolute atomic E-state index is 4.20. The Kier molecular flexibility index (Phi) is 11.1. The van der Waals surface area contributed by atoms with E-state index in [-0.39, 0.29) is 0 Å². The molecule has 0 aliphatic heterocycles. The Labute approximate surface area is 136 Å². The first-order chi connectivity index (χ1) is 9.36. The molecular formula is C15H22S4. The summed E-state index contributed by atoms with van der Waals surface area (Å²) in [5.41, 5.74) is 2.60. The van der Waals surface area contributed by atoms with E-state index in [2.05, 4.69) is 55.2 Å². The van der Waals surface area contributed by atoms with Crippen LogP contribution in [0.3, 0.4) is 0 Å². The number of hydrogen-bond acceptors (Lipinski definition) is 4. The van der Waals surface area contributed by atoms with Crippen LogP contribution in [0.2, 0.25) is 0 Å². The maximum Gasteiger partial charge on any atom is 0.0184 e. The topological polar surface area (TPSA) is 0 Å². The highest BCUT2D eigenvalue weighted by molar-refractivity contribution is 8.04. The fraction of sp³-hybridized carbons (Fsp3) is 0.467. The third-order valence-electron chi connectivity index (χ3n) is 2.46. The number of benzene rings is 1. The Hall–Kier alpha value is 0.360. The van der Waals surface area contributed by atoms with Gasteiger partial charge in [0.1, 0.15) is 0 Å². The lowest BCUT2D eigenvalue weighted by atomic mass is 10.1. The molecule has 0 amide bonds. The van der Waals surface area contributed by atoms with E-state index in [9.17, 15) is 0 Å². The van der Waals surface area contributed by atoms with Crippen LogP contribution in [0.1, 0.15) is 11.1 Å². The van der Waals surface area contributed by atoms with Crippen LogP contribution in [0.25, 0.3) is 6.08 Å². The molecule has 0 aliphatic rings. The van der Waals surface area contributed by atoms with E-state index in [0.29, 0.717) is 0 Å². The van der Waals surface area contributed by atoms with Crippen LogP contribution in [0, 0.1) is 0 Å². The summed E-state index contributed by atoms with van der Waals surface area (Å²) in [5.74, 6) is 8.33.